The van der Waals surface area contributed by atoms with Gasteiger partial charge in [0.05, 0.1) is 0 Å². The molecule has 9 heavy (non-hydrogen) atoms. The highest BCUT2D eigenvalue weighted by Gasteiger charge is 1.85. The first-order valence-corrected chi connectivity index (χ1v) is 4.94. The topological polar surface area (TPSA) is 0 Å². The minimum atomic E-state index is 1.10. The molecule has 0 aliphatic rings. The van der Waals surface area contributed by atoms with Crippen LogP contribution in [0.4, 0.5) is 0 Å². The molecule has 55 valence electrons. The van der Waals surface area contributed by atoms with Crippen LogP contribution in [0, 0.1) is 6.92 Å². The molecule has 0 saturated heterocycles. The van der Waals surface area contributed by atoms with Crippen LogP contribution < -0.4 is 0 Å². The summed E-state index contributed by atoms with van der Waals surface area (Å²) in [6.07, 6.45) is 5.09. The molecule has 0 aromatic heterocycles. The van der Waals surface area contributed by atoms with Gasteiger partial charge in [0.1, 0.15) is 0 Å². The predicted octanol–water partition coefficient (Wildman–Crippen LogP) is 3.13. The van der Waals surface area contributed by atoms with Gasteiger partial charge in [-0.05, 0) is 24.3 Å². The van der Waals surface area contributed by atoms with Gasteiger partial charge < -0.3 is 0 Å². The molecule has 0 rings (SSSR count). The van der Waals surface area contributed by atoms with Crippen LogP contribution in [0.5, 0.6) is 0 Å². The van der Waals surface area contributed by atoms with Crippen molar-refractivity contribution >= 4 is 11.8 Å². The van der Waals surface area contributed by atoms with Gasteiger partial charge in [0.25, 0.3) is 0 Å². The summed E-state index contributed by atoms with van der Waals surface area (Å²) in [5.74, 6) is 2.65. The second kappa shape index (κ2) is 8.35. The highest BCUT2D eigenvalue weighted by atomic mass is 32.2. The number of unbranched alkanes of at least 4 members (excludes halogenated alkanes) is 2. The summed E-state index contributed by atoms with van der Waals surface area (Å²) in [4.78, 5) is 0. The average Bonchev–Trinajstić information content (AvgIpc) is 1.89. The van der Waals surface area contributed by atoms with Gasteiger partial charge in [0.15, 0.2) is 0 Å². The second-order valence-corrected chi connectivity index (χ2v) is 3.40. The van der Waals surface area contributed by atoms with Crippen LogP contribution in [-0.2, 0) is 0 Å². The first-order chi connectivity index (χ1) is 4.41. The van der Waals surface area contributed by atoms with E-state index >= 15 is 0 Å². The maximum Gasteiger partial charge on any atom is -0.00675 e. The van der Waals surface area contributed by atoms with E-state index in [9.17, 15) is 0 Å². The first-order valence-electron chi connectivity index (χ1n) is 3.78. The van der Waals surface area contributed by atoms with Gasteiger partial charge >= 0.3 is 0 Å². The van der Waals surface area contributed by atoms with E-state index in [1.54, 1.807) is 0 Å². The molecular formula is C8H17S. The molecule has 0 fully saturated rings. The third-order valence-electron chi connectivity index (χ3n) is 1.18. The summed E-state index contributed by atoms with van der Waals surface area (Å²) in [6.45, 7) is 6.03. The van der Waals surface area contributed by atoms with E-state index in [0.29, 0.717) is 0 Å². The maximum absolute atomic E-state index is 3.79. The molecule has 0 unspecified atom stereocenters. The lowest BCUT2D eigenvalue weighted by Gasteiger charge is -1.96. The zero-order chi connectivity index (χ0) is 6.95. The molecule has 0 saturated carbocycles. The third-order valence-corrected chi connectivity index (χ3v) is 2.34. The van der Waals surface area contributed by atoms with Crippen molar-refractivity contribution in [1.29, 1.82) is 0 Å². The molecule has 0 N–H and O–H groups in total. The number of hydrogen-bond acceptors (Lipinski definition) is 1. The fraction of sp³-hybridized carbons (Fsp3) is 0.875. The monoisotopic (exact) mass is 145 g/mol. The fourth-order valence-corrected chi connectivity index (χ4v) is 1.66. The lowest BCUT2D eigenvalue weighted by Crippen LogP contribution is -1.81. The lowest BCUT2D eigenvalue weighted by molar-refractivity contribution is 0.892. The molecule has 0 nitrogen and oxygen atoms in total. The van der Waals surface area contributed by atoms with Gasteiger partial charge in [0, 0.05) is 0 Å². The third kappa shape index (κ3) is 8.35. The highest BCUT2D eigenvalue weighted by molar-refractivity contribution is 7.99. The molecule has 0 heterocycles. The molecule has 0 bridgehead atoms. The van der Waals surface area contributed by atoms with E-state index < -0.39 is 0 Å². The zero-order valence-electron chi connectivity index (χ0n) is 6.36. The lowest BCUT2D eigenvalue weighted by atomic mass is 10.4. The van der Waals surface area contributed by atoms with Crippen LogP contribution >= 0.6 is 11.8 Å². The Labute approximate surface area is 63.4 Å². The molecule has 0 aliphatic carbocycles. The van der Waals surface area contributed by atoms with Crippen LogP contribution in [0.25, 0.3) is 0 Å². The summed E-state index contributed by atoms with van der Waals surface area (Å²) < 4.78 is 0. The molecule has 0 aromatic rings. The van der Waals surface area contributed by atoms with Gasteiger partial charge in [0.2, 0.25) is 0 Å². The normalized spacial score (nSPS) is 10.0. The van der Waals surface area contributed by atoms with Crippen LogP contribution in [0.3, 0.4) is 0 Å². The Hall–Kier alpha value is 0.350. The van der Waals surface area contributed by atoms with Crippen molar-refractivity contribution in [3.8, 4) is 0 Å². The smallest absolute Gasteiger partial charge is 0.00675 e. The van der Waals surface area contributed by atoms with Crippen LogP contribution in [0.15, 0.2) is 0 Å². The minimum absolute atomic E-state index is 1.10. The summed E-state index contributed by atoms with van der Waals surface area (Å²) in [7, 11) is 0. The van der Waals surface area contributed by atoms with Gasteiger partial charge in [-0.15, -0.1) is 0 Å². The predicted molar refractivity (Wildman–Crippen MR) is 46.8 cm³/mol. The summed E-state index contributed by atoms with van der Waals surface area (Å²) >= 11 is 2.06. The van der Waals surface area contributed by atoms with Gasteiger partial charge in [-0.2, -0.15) is 11.8 Å². The molecule has 1 heteroatoms. The SMILES string of the molecule is [CH2]CCCSCCCC. The Morgan fingerprint density at radius 3 is 2.44 bits per heavy atom. The maximum atomic E-state index is 3.79. The highest BCUT2D eigenvalue weighted by Crippen LogP contribution is 2.06. The van der Waals surface area contributed by atoms with Crippen molar-refractivity contribution < 1.29 is 0 Å². The molecule has 0 aliphatic heterocycles. The summed E-state index contributed by atoms with van der Waals surface area (Å²) in [6, 6.07) is 0. The molecular weight excluding hydrogens is 128 g/mol. The van der Waals surface area contributed by atoms with Crippen LogP contribution in [0.1, 0.15) is 32.6 Å². The van der Waals surface area contributed by atoms with Crippen molar-refractivity contribution in [3.63, 3.8) is 0 Å². The minimum Gasteiger partial charge on any atom is -0.162 e. The largest absolute Gasteiger partial charge is 0.162 e. The van der Waals surface area contributed by atoms with E-state index in [1.165, 1.54) is 30.8 Å². The Morgan fingerprint density at radius 2 is 1.89 bits per heavy atom. The quantitative estimate of drug-likeness (QED) is 0.517. The van der Waals surface area contributed by atoms with Crippen molar-refractivity contribution in [2.45, 2.75) is 32.6 Å². The molecule has 0 amide bonds. The summed E-state index contributed by atoms with van der Waals surface area (Å²) in [5.41, 5.74) is 0. The fourth-order valence-electron chi connectivity index (χ4n) is 0.553. The van der Waals surface area contributed by atoms with E-state index in [-0.39, 0.29) is 0 Å². The Balaban J connectivity index is 2.60. The van der Waals surface area contributed by atoms with Gasteiger partial charge in [-0.25, -0.2) is 0 Å². The number of hydrogen-bond donors (Lipinski definition) is 0. The molecule has 1 radical (unpaired) electrons. The Bertz CT molecular complexity index is 37.8. The Morgan fingerprint density at radius 1 is 1.22 bits per heavy atom. The first kappa shape index (κ1) is 9.35. The second-order valence-electron chi connectivity index (χ2n) is 2.17. The average molecular weight is 145 g/mol. The van der Waals surface area contributed by atoms with Gasteiger partial charge in [-0.1, -0.05) is 26.7 Å². The van der Waals surface area contributed by atoms with Crippen LogP contribution in [-0.4, -0.2) is 11.5 Å². The zero-order valence-corrected chi connectivity index (χ0v) is 7.17. The van der Waals surface area contributed by atoms with Crippen molar-refractivity contribution in [1.82, 2.24) is 0 Å². The molecule has 0 atom stereocenters. The van der Waals surface area contributed by atoms with E-state index in [2.05, 4.69) is 25.6 Å². The van der Waals surface area contributed by atoms with Gasteiger partial charge in [-0.3, -0.25) is 0 Å². The molecule has 0 spiro atoms. The van der Waals surface area contributed by atoms with Crippen molar-refractivity contribution in [3.05, 3.63) is 6.92 Å². The number of rotatable bonds is 6. The number of thioether (sulfide) groups is 1. The Kier molecular flexibility index (Phi) is 8.67. The van der Waals surface area contributed by atoms with E-state index in [4.69, 9.17) is 0 Å². The summed E-state index contributed by atoms with van der Waals surface area (Å²) in [5, 5.41) is 0. The van der Waals surface area contributed by atoms with Crippen molar-refractivity contribution in [2.24, 2.45) is 0 Å². The van der Waals surface area contributed by atoms with E-state index in [0.717, 1.165) is 6.42 Å². The molecule has 0 aromatic carbocycles. The van der Waals surface area contributed by atoms with Crippen molar-refractivity contribution in [2.75, 3.05) is 11.5 Å². The van der Waals surface area contributed by atoms with Crippen LogP contribution in [0.2, 0.25) is 0 Å². The van der Waals surface area contributed by atoms with E-state index in [1.807, 2.05) is 0 Å². The standard InChI is InChI=1S/C8H17S/c1-3-5-7-9-8-6-4-2/h1,3-8H2,2H3.